The number of nitrogens with zero attached hydrogens (tertiary/aromatic N) is 5. The molecule has 3 aromatic heterocycles. The number of hydrogen-bond donors (Lipinski definition) is 0. The van der Waals surface area contributed by atoms with E-state index in [1.807, 2.05) is 24.3 Å². The summed E-state index contributed by atoms with van der Waals surface area (Å²) < 4.78 is 4.70. The quantitative estimate of drug-likeness (QED) is 0.145. The molecular formula is C73H45N5. The molecule has 0 unspecified atom stereocenters. The van der Waals surface area contributed by atoms with Gasteiger partial charge in [-0.3, -0.25) is 0 Å². The van der Waals surface area contributed by atoms with Gasteiger partial charge in [-0.05, 0) is 141 Å². The van der Waals surface area contributed by atoms with Gasteiger partial charge in [0.2, 0.25) is 0 Å². The summed E-state index contributed by atoms with van der Waals surface area (Å²) in [4.78, 5) is 5.37. The number of aromatic nitrogens is 3. The Morgan fingerprint density at radius 2 is 0.603 bits per heavy atom. The summed E-state index contributed by atoms with van der Waals surface area (Å²) in [7, 11) is 0. The molecule has 362 valence electrons. The van der Waals surface area contributed by atoms with E-state index < -0.39 is 0 Å². The smallest absolute Gasteiger partial charge is 0.101 e. The van der Waals surface area contributed by atoms with Gasteiger partial charge in [-0.25, -0.2) is 4.98 Å². The lowest BCUT2D eigenvalue weighted by molar-refractivity contribution is 1.18. The van der Waals surface area contributed by atoms with Crippen molar-refractivity contribution in [3.05, 3.63) is 284 Å². The van der Waals surface area contributed by atoms with Crippen molar-refractivity contribution in [2.45, 2.75) is 0 Å². The first-order valence-electron chi connectivity index (χ1n) is 26.1. The highest BCUT2D eigenvalue weighted by molar-refractivity contribution is 6.13. The van der Waals surface area contributed by atoms with Gasteiger partial charge in [0.15, 0.2) is 0 Å². The highest BCUT2D eigenvalue weighted by Gasteiger charge is 2.19. The molecule has 0 amide bonds. The molecule has 3 heterocycles. The molecule has 0 atom stereocenters. The Hall–Kier alpha value is -10.9. The van der Waals surface area contributed by atoms with Crippen molar-refractivity contribution >= 4 is 43.6 Å². The second kappa shape index (κ2) is 19.1. The lowest BCUT2D eigenvalue weighted by atomic mass is 9.94. The van der Waals surface area contributed by atoms with E-state index in [1.54, 1.807) is 6.07 Å². The molecule has 5 nitrogen and oxygen atoms in total. The van der Waals surface area contributed by atoms with Gasteiger partial charge >= 0.3 is 0 Å². The largest absolute Gasteiger partial charge is 0.309 e. The molecule has 0 saturated heterocycles. The molecule has 0 radical (unpaired) electrons. The third kappa shape index (κ3) is 7.99. The maximum atomic E-state index is 10.5. The van der Waals surface area contributed by atoms with Crippen LogP contribution in [0.1, 0.15) is 11.1 Å². The second-order valence-corrected chi connectivity index (χ2v) is 19.7. The van der Waals surface area contributed by atoms with Crippen molar-refractivity contribution in [1.82, 2.24) is 14.1 Å². The Labute approximate surface area is 451 Å². The minimum Gasteiger partial charge on any atom is -0.309 e. The number of fused-ring (bicyclic) bond motifs is 6. The van der Waals surface area contributed by atoms with Crippen LogP contribution in [0.4, 0.5) is 0 Å². The number of rotatable bonds is 9. The first kappa shape index (κ1) is 45.7. The Morgan fingerprint density at radius 1 is 0.269 bits per heavy atom. The van der Waals surface area contributed by atoms with E-state index >= 15 is 0 Å². The van der Waals surface area contributed by atoms with E-state index in [0.29, 0.717) is 16.7 Å². The zero-order chi connectivity index (χ0) is 52.1. The molecule has 0 fully saturated rings. The van der Waals surface area contributed by atoms with Gasteiger partial charge in [-0.15, -0.1) is 0 Å². The van der Waals surface area contributed by atoms with Crippen LogP contribution in [0.2, 0.25) is 0 Å². The summed E-state index contributed by atoms with van der Waals surface area (Å²) in [6.07, 6.45) is 0. The number of hydrogen-bond acceptors (Lipinski definition) is 3. The normalized spacial score (nSPS) is 11.3. The van der Waals surface area contributed by atoms with Crippen LogP contribution in [0.5, 0.6) is 0 Å². The fourth-order valence-corrected chi connectivity index (χ4v) is 11.4. The predicted molar refractivity (Wildman–Crippen MR) is 320 cm³/mol. The number of benzene rings is 11. The van der Waals surface area contributed by atoms with Gasteiger partial charge < -0.3 is 9.13 Å². The van der Waals surface area contributed by atoms with Gasteiger partial charge in [0.1, 0.15) is 12.1 Å². The third-order valence-electron chi connectivity index (χ3n) is 15.2. The molecule has 0 N–H and O–H groups in total. The predicted octanol–water partition coefficient (Wildman–Crippen LogP) is 18.7. The maximum absolute atomic E-state index is 10.5. The topological polar surface area (TPSA) is 70.3 Å². The lowest BCUT2D eigenvalue weighted by Crippen LogP contribution is -1.97. The van der Waals surface area contributed by atoms with Crippen molar-refractivity contribution in [2.75, 3.05) is 0 Å². The van der Waals surface area contributed by atoms with E-state index in [9.17, 15) is 10.5 Å². The molecule has 14 aromatic rings. The summed E-state index contributed by atoms with van der Waals surface area (Å²) >= 11 is 0. The summed E-state index contributed by atoms with van der Waals surface area (Å²) in [6.45, 7) is 0. The van der Waals surface area contributed by atoms with E-state index in [0.717, 1.165) is 61.5 Å². The monoisotopic (exact) mass is 991 g/mol. The van der Waals surface area contributed by atoms with Crippen LogP contribution < -0.4 is 0 Å². The Bertz CT molecular complexity index is 4240. The van der Waals surface area contributed by atoms with Gasteiger partial charge in [0.05, 0.1) is 44.6 Å². The molecule has 0 saturated carbocycles. The van der Waals surface area contributed by atoms with Crippen molar-refractivity contribution in [3.8, 4) is 102 Å². The molecule has 78 heavy (non-hydrogen) atoms. The van der Waals surface area contributed by atoms with Crippen molar-refractivity contribution in [1.29, 1.82) is 10.5 Å². The third-order valence-corrected chi connectivity index (χ3v) is 15.2. The number of nitriles is 2. The van der Waals surface area contributed by atoms with Crippen LogP contribution in [0, 0.1) is 22.7 Å². The minimum atomic E-state index is 0.333. The van der Waals surface area contributed by atoms with E-state index in [-0.39, 0.29) is 0 Å². The molecule has 0 spiro atoms. The van der Waals surface area contributed by atoms with Gasteiger partial charge in [-0.2, -0.15) is 10.5 Å². The maximum Gasteiger partial charge on any atom is 0.101 e. The fourth-order valence-electron chi connectivity index (χ4n) is 11.4. The lowest BCUT2D eigenvalue weighted by Gasteiger charge is -2.14. The summed E-state index contributed by atoms with van der Waals surface area (Å²) in [5.74, 6) is 0. The van der Waals surface area contributed by atoms with E-state index in [1.165, 1.54) is 66.1 Å². The van der Waals surface area contributed by atoms with E-state index in [2.05, 4.69) is 264 Å². The summed E-state index contributed by atoms with van der Waals surface area (Å²) in [5, 5.41) is 25.3. The van der Waals surface area contributed by atoms with Gasteiger partial charge in [0, 0.05) is 49.6 Å². The van der Waals surface area contributed by atoms with Gasteiger partial charge in [-0.1, -0.05) is 182 Å². The van der Waals surface area contributed by atoms with Crippen molar-refractivity contribution < 1.29 is 0 Å². The van der Waals surface area contributed by atoms with Crippen LogP contribution in [-0.2, 0) is 0 Å². The fraction of sp³-hybridized carbons (Fsp3) is 0. The van der Waals surface area contributed by atoms with Crippen molar-refractivity contribution in [3.63, 3.8) is 0 Å². The highest BCUT2D eigenvalue weighted by atomic mass is 15.0. The molecule has 0 aliphatic rings. The standard InChI is InChI=1S/C73H45N5/c74-46-58-22-13-23-62(67(58)47-75)59-44-68(52-24-32-60(33-25-52)77-70-36-28-54(48-14-5-1-6-15-48)40-63(70)64-41-55(29-37-71(64)77)49-16-7-2-8-17-49)76-69(45-59)53-26-34-61(35-27-53)78-72-38-30-56(50-18-9-3-10-19-50)42-65(72)66-43-57(31-39-73(66)78)51-20-11-4-12-21-51/h1-45H. The molecule has 0 bridgehead atoms. The first-order chi connectivity index (χ1) is 38.6. The van der Waals surface area contributed by atoms with Crippen LogP contribution in [0.25, 0.3) is 133 Å². The summed E-state index contributed by atoms with van der Waals surface area (Å²) in [5.41, 5.74) is 21.4. The Kier molecular flexibility index (Phi) is 11.2. The molecule has 0 aliphatic carbocycles. The van der Waals surface area contributed by atoms with Gasteiger partial charge in [0.25, 0.3) is 0 Å². The van der Waals surface area contributed by atoms with Crippen LogP contribution in [0.3, 0.4) is 0 Å². The average Bonchev–Trinajstić information content (AvgIpc) is 4.17. The zero-order valence-corrected chi connectivity index (χ0v) is 42.2. The Balaban J connectivity index is 0.883. The molecule has 11 aromatic carbocycles. The van der Waals surface area contributed by atoms with E-state index in [4.69, 9.17) is 4.98 Å². The Morgan fingerprint density at radius 3 is 0.923 bits per heavy atom. The van der Waals surface area contributed by atoms with Crippen molar-refractivity contribution in [2.24, 2.45) is 0 Å². The minimum absolute atomic E-state index is 0.333. The molecule has 14 rings (SSSR count). The first-order valence-corrected chi connectivity index (χ1v) is 26.1. The zero-order valence-electron chi connectivity index (χ0n) is 42.2. The highest BCUT2D eigenvalue weighted by Crippen LogP contribution is 2.41. The molecular weight excluding hydrogens is 947 g/mol. The summed E-state index contributed by atoms with van der Waals surface area (Å²) in [6, 6.07) is 101. The number of pyridine rings is 1. The molecule has 0 aliphatic heterocycles. The SMILES string of the molecule is N#Cc1cccc(-c2cc(-c3ccc(-n4c5ccc(-c6ccccc6)cc5c5cc(-c6ccccc6)ccc54)cc3)nc(-c3ccc(-n4c5ccc(-c6ccccc6)cc5c5cc(-c6ccccc6)ccc54)cc3)c2)c1C#N. The van der Waals surface area contributed by atoms with Crippen LogP contribution >= 0.6 is 0 Å². The average molecular weight is 992 g/mol. The molecule has 5 heteroatoms. The van der Waals surface area contributed by atoms with Crippen LogP contribution in [-0.4, -0.2) is 14.1 Å². The second-order valence-electron chi connectivity index (χ2n) is 19.7. The van der Waals surface area contributed by atoms with Crippen LogP contribution in [0.15, 0.2) is 273 Å².